The summed E-state index contributed by atoms with van der Waals surface area (Å²) in [6, 6.07) is 17.4. The highest BCUT2D eigenvalue weighted by molar-refractivity contribution is 6.30. The summed E-state index contributed by atoms with van der Waals surface area (Å²) in [5.74, 6) is -3.37. The number of fused-ring (bicyclic) bond motifs is 5. The van der Waals surface area contributed by atoms with Gasteiger partial charge in [-0.1, -0.05) is 41.9 Å². The van der Waals surface area contributed by atoms with Crippen LogP contribution >= 0.6 is 11.6 Å². The lowest BCUT2D eigenvalue weighted by Crippen LogP contribution is -2.44. The number of amides is 2. The molecule has 10 heteroatoms. The second kappa shape index (κ2) is 8.10. The number of carbonyl (C=O) groups is 3. The topological polar surface area (TPSA) is 113 Å². The van der Waals surface area contributed by atoms with Crippen molar-refractivity contribution in [1.29, 1.82) is 0 Å². The molecule has 3 aromatic carbocycles. The van der Waals surface area contributed by atoms with Crippen LogP contribution in [-0.4, -0.2) is 39.8 Å². The Morgan fingerprint density at radius 3 is 2.42 bits per heavy atom. The first-order valence-electron chi connectivity index (χ1n) is 11.2. The number of carbonyl (C=O) groups excluding carboxylic acids is 3. The highest BCUT2D eigenvalue weighted by Gasteiger charge is 2.65. The van der Waals surface area contributed by atoms with Crippen LogP contribution in [0.15, 0.2) is 77.9 Å². The Balaban J connectivity index is 1.49. The third-order valence-corrected chi connectivity index (χ3v) is 7.24. The number of rotatable bonds is 4. The van der Waals surface area contributed by atoms with Gasteiger partial charge < -0.3 is 0 Å². The van der Waals surface area contributed by atoms with Gasteiger partial charge in [-0.3, -0.25) is 29.5 Å². The normalized spacial score (nSPS) is 23.9. The number of hydrazone groups is 1. The first-order valence-corrected chi connectivity index (χ1v) is 11.6. The largest absolute Gasteiger partial charge is 0.292 e. The van der Waals surface area contributed by atoms with Crippen LogP contribution in [0.1, 0.15) is 27.5 Å². The van der Waals surface area contributed by atoms with Crippen LogP contribution in [-0.2, 0) is 9.59 Å². The molecule has 0 aliphatic carbocycles. The fourth-order valence-corrected chi connectivity index (χ4v) is 5.58. The number of imide groups is 1. The number of ketones is 1. The van der Waals surface area contributed by atoms with Crippen LogP contribution < -0.4 is 4.90 Å². The molecule has 0 unspecified atom stereocenters. The van der Waals surface area contributed by atoms with Crippen molar-refractivity contribution < 1.29 is 19.3 Å². The summed E-state index contributed by atoms with van der Waals surface area (Å²) < 4.78 is 0. The van der Waals surface area contributed by atoms with Crippen molar-refractivity contribution in [3.05, 3.63) is 105 Å². The van der Waals surface area contributed by atoms with E-state index in [-0.39, 0.29) is 17.2 Å². The minimum Gasteiger partial charge on any atom is -0.292 e. The molecule has 3 aliphatic rings. The molecule has 0 saturated carbocycles. The van der Waals surface area contributed by atoms with Gasteiger partial charge in [-0.15, -0.1) is 0 Å². The van der Waals surface area contributed by atoms with Gasteiger partial charge in [0.15, 0.2) is 5.78 Å². The van der Waals surface area contributed by atoms with Gasteiger partial charge >= 0.3 is 0 Å². The number of benzene rings is 3. The van der Waals surface area contributed by atoms with Crippen LogP contribution in [0.5, 0.6) is 0 Å². The van der Waals surface area contributed by atoms with E-state index in [1.165, 1.54) is 24.3 Å². The van der Waals surface area contributed by atoms with Gasteiger partial charge in [-0.25, -0.2) is 4.90 Å². The Labute approximate surface area is 209 Å². The van der Waals surface area contributed by atoms with Crippen molar-refractivity contribution in [2.45, 2.75) is 12.1 Å². The average molecular weight is 501 g/mol. The molecule has 3 aliphatic heterocycles. The van der Waals surface area contributed by atoms with Gasteiger partial charge in [0.1, 0.15) is 6.04 Å². The van der Waals surface area contributed by atoms with Crippen LogP contribution in [0.25, 0.3) is 0 Å². The Morgan fingerprint density at radius 1 is 0.944 bits per heavy atom. The number of halogens is 1. The van der Waals surface area contributed by atoms with E-state index in [2.05, 4.69) is 5.10 Å². The molecule has 0 bridgehead atoms. The summed E-state index contributed by atoms with van der Waals surface area (Å²) >= 11 is 6.00. The summed E-state index contributed by atoms with van der Waals surface area (Å²) in [5, 5.41) is 17.9. The highest BCUT2D eigenvalue weighted by Crippen LogP contribution is 2.53. The number of non-ortho nitro benzene ring substituents is 1. The molecule has 0 N–H and O–H groups in total. The molecule has 0 spiro atoms. The molecule has 2 amide bonds. The molecule has 6 rings (SSSR count). The third kappa shape index (κ3) is 3.16. The van der Waals surface area contributed by atoms with Crippen molar-refractivity contribution in [3.63, 3.8) is 0 Å². The fourth-order valence-electron chi connectivity index (χ4n) is 5.45. The number of Topliss-reactive ketones (excluding diaryl/α,β-unsaturated/α-hetero) is 1. The number of anilines is 1. The predicted molar refractivity (Wildman–Crippen MR) is 131 cm³/mol. The molecule has 4 atom stereocenters. The summed E-state index contributed by atoms with van der Waals surface area (Å²) in [6.45, 7) is 0. The summed E-state index contributed by atoms with van der Waals surface area (Å²) in [4.78, 5) is 53.1. The Kier molecular flexibility index (Phi) is 4.97. The van der Waals surface area contributed by atoms with E-state index in [9.17, 15) is 24.5 Å². The van der Waals surface area contributed by atoms with Gasteiger partial charge in [0.05, 0.1) is 34.7 Å². The Bertz CT molecular complexity index is 1490. The van der Waals surface area contributed by atoms with E-state index < -0.39 is 40.7 Å². The number of nitro groups is 1. The smallest absolute Gasteiger partial charge is 0.271 e. The van der Waals surface area contributed by atoms with Crippen LogP contribution in [0.2, 0.25) is 5.02 Å². The Hall–Kier alpha value is -4.37. The number of hydrogen-bond acceptors (Lipinski definition) is 7. The maximum atomic E-state index is 13.8. The molecule has 178 valence electrons. The maximum absolute atomic E-state index is 13.8. The summed E-state index contributed by atoms with van der Waals surface area (Å²) in [6.07, 6.45) is 1.63. The third-order valence-electron chi connectivity index (χ3n) is 6.99. The van der Waals surface area contributed by atoms with E-state index in [1.54, 1.807) is 35.5 Å². The molecular weight excluding hydrogens is 484 g/mol. The maximum Gasteiger partial charge on any atom is 0.271 e. The average Bonchev–Trinajstić information content (AvgIpc) is 3.36. The second-order valence-corrected chi connectivity index (χ2v) is 9.29. The van der Waals surface area contributed by atoms with Gasteiger partial charge in [-0.05, 0) is 41.5 Å². The van der Waals surface area contributed by atoms with Gasteiger partial charge in [-0.2, -0.15) is 5.10 Å². The Morgan fingerprint density at radius 2 is 1.67 bits per heavy atom. The van der Waals surface area contributed by atoms with Crippen LogP contribution in [0, 0.1) is 22.0 Å². The van der Waals surface area contributed by atoms with Crippen molar-refractivity contribution >= 4 is 46.8 Å². The lowest BCUT2D eigenvalue weighted by molar-refractivity contribution is -0.384. The lowest BCUT2D eigenvalue weighted by atomic mass is 9.83. The van der Waals surface area contributed by atoms with E-state index in [0.717, 1.165) is 16.0 Å². The standard InChI is InChI=1S/C26H17ClN4O5/c27-16-10-8-14(9-11-16)24(32)23-21-20(22-19-7-2-1-4-15(19)13-28-30(22)23)25(33)29(26(21)34)17-5-3-6-18(12-17)31(35)36/h1-13,20-23H/t20-,21-,22-,23+/m0/s1. The van der Waals surface area contributed by atoms with Crippen molar-refractivity contribution in [3.8, 4) is 0 Å². The van der Waals surface area contributed by atoms with E-state index >= 15 is 0 Å². The van der Waals surface area contributed by atoms with Crippen LogP contribution in [0.4, 0.5) is 11.4 Å². The van der Waals surface area contributed by atoms with E-state index in [1.807, 2.05) is 24.3 Å². The summed E-state index contributed by atoms with van der Waals surface area (Å²) in [5.41, 5.74) is 1.78. The van der Waals surface area contributed by atoms with E-state index in [0.29, 0.717) is 10.6 Å². The zero-order chi connectivity index (χ0) is 25.1. The number of nitro benzene ring substituents is 1. The minimum atomic E-state index is -1.04. The minimum absolute atomic E-state index is 0.102. The zero-order valence-electron chi connectivity index (χ0n) is 18.5. The lowest BCUT2D eigenvalue weighted by Gasteiger charge is -2.33. The van der Waals surface area contributed by atoms with Gasteiger partial charge in [0.2, 0.25) is 11.8 Å². The van der Waals surface area contributed by atoms with Crippen molar-refractivity contribution in [1.82, 2.24) is 5.01 Å². The van der Waals surface area contributed by atoms with Gasteiger partial charge in [0, 0.05) is 22.7 Å². The number of nitrogens with zero attached hydrogens (tertiary/aromatic N) is 4. The SMILES string of the molecule is O=C(c1ccc(Cl)cc1)[C@H]1[C@H]2C(=O)N(c3cccc([N+](=O)[O-])c3)C(=O)[C@@H]2[C@@H]2c3ccccc3C=NN12. The van der Waals surface area contributed by atoms with Crippen molar-refractivity contribution in [2.75, 3.05) is 4.90 Å². The molecule has 2 saturated heterocycles. The highest BCUT2D eigenvalue weighted by atomic mass is 35.5. The molecule has 0 aromatic heterocycles. The predicted octanol–water partition coefficient (Wildman–Crippen LogP) is 4.01. The fraction of sp³-hybridized carbons (Fsp3) is 0.154. The van der Waals surface area contributed by atoms with Gasteiger partial charge in [0.25, 0.3) is 5.69 Å². The molecule has 0 radical (unpaired) electrons. The first kappa shape index (κ1) is 22.1. The van der Waals surface area contributed by atoms with Crippen molar-refractivity contribution in [2.24, 2.45) is 16.9 Å². The molecule has 2 fully saturated rings. The molecular formula is C26H17ClN4O5. The van der Waals surface area contributed by atoms with E-state index in [4.69, 9.17) is 11.6 Å². The van der Waals surface area contributed by atoms with Crippen LogP contribution in [0.3, 0.4) is 0 Å². The monoisotopic (exact) mass is 500 g/mol. The zero-order valence-corrected chi connectivity index (χ0v) is 19.3. The summed E-state index contributed by atoms with van der Waals surface area (Å²) in [7, 11) is 0. The number of hydrogen-bond donors (Lipinski definition) is 0. The molecule has 9 nitrogen and oxygen atoms in total. The quantitative estimate of drug-likeness (QED) is 0.231. The first-order chi connectivity index (χ1) is 17.4. The molecule has 3 aromatic rings. The second-order valence-electron chi connectivity index (χ2n) is 8.85. The molecule has 36 heavy (non-hydrogen) atoms. The molecule has 3 heterocycles.